The number of carbonyl (C=O) groups excluding carboxylic acids is 1. The zero-order valence-corrected chi connectivity index (χ0v) is 17.4. The number of aromatic amines is 2. The Morgan fingerprint density at radius 3 is 2.17 bits per heavy atom. The first-order valence-corrected chi connectivity index (χ1v) is 8.99. The summed E-state index contributed by atoms with van der Waals surface area (Å²) < 4.78 is 21.4. The summed E-state index contributed by atoms with van der Waals surface area (Å²) in [6.45, 7) is 1.72. The van der Waals surface area contributed by atoms with Gasteiger partial charge in [-0.1, -0.05) is 0 Å². The highest BCUT2D eigenvalue weighted by molar-refractivity contribution is 7.71. The lowest BCUT2D eigenvalue weighted by atomic mass is 9.82. The van der Waals surface area contributed by atoms with Gasteiger partial charge < -0.3 is 29.2 Å². The van der Waals surface area contributed by atoms with Gasteiger partial charge in [-0.2, -0.15) is 0 Å². The molecule has 9 nitrogen and oxygen atoms in total. The Kier molecular flexibility index (Phi) is 5.64. The Balaban J connectivity index is 2.38. The minimum absolute atomic E-state index is 0.166. The molecular formula is C19H21N3O6S. The van der Waals surface area contributed by atoms with E-state index < -0.39 is 17.4 Å². The first-order valence-electron chi connectivity index (χ1n) is 8.58. The summed E-state index contributed by atoms with van der Waals surface area (Å²) in [4.78, 5) is 31.0. The van der Waals surface area contributed by atoms with Crippen molar-refractivity contribution in [2.24, 2.45) is 0 Å². The Labute approximate surface area is 171 Å². The van der Waals surface area contributed by atoms with Crippen molar-refractivity contribution in [3.05, 3.63) is 49.7 Å². The predicted octanol–water partition coefficient (Wildman–Crippen LogP) is 2.46. The van der Waals surface area contributed by atoms with Crippen LogP contribution in [0.1, 0.15) is 24.0 Å². The van der Waals surface area contributed by atoms with E-state index in [1.165, 1.54) is 28.4 Å². The van der Waals surface area contributed by atoms with Crippen LogP contribution in [-0.2, 0) is 9.53 Å². The number of esters is 1. The molecule has 1 unspecified atom stereocenters. The minimum Gasteiger partial charge on any atom is -0.493 e. The number of rotatable bonds is 5. The first kappa shape index (κ1) is 20.5. The Morgan fingerprint density at radius 1 is 1.03 bits per heavy atom. The van der Waals surface area contributed by atoms with Crippen LogP contribution in [0, 0.1) is 4.77 Å². The fraction of sp³-hybridized carbons (Fsp3) is 0.316. The molecule has 0 radical (unpaired) electrons. The normalized spacial score (nSPS) is 15.3. The zero-order valence-electron chi connectivity index (χ0n) is 16.6. The standard InChI is InChI=1S/C19H21N3O6S/c1-8-12(18(24)28-5)13(14-16(20-8)21-19(29)22-17(14)23)9-6-10(25-2)15(27-4)11(7-9)26-3/h6-7,13H,1-5H3,(H3,20,21,22,23,29). The minimum atomic E-state index is -0.761. The number of methoxy groups -OCH3 is 4. The number of nitrogens with one attached hydrogen (secondary N) is 3. The molecular weight excluding hydrogens is 398 g/mol. The summed E-state index contributed by atoms with van der Waals surface area (Å²) in [6.07, 6.45) is 0. The molecule has 1 aliphatic heterocycles. The summed E-state index contributed by atoms with van der Waals surface area (Å²) in [6, 6.07) is 3.39. The van der Waals surface area contributed by atoms with Gasteiger partial charge in [0.1, 0.15) is 5.82 Å². The second kappa shape index (κ2) is 8.00. The molecule has 0 saturated carbocycles. The van der Waals surface area contributed by atoms with Crippen molar-refractivity contribution in [2.45, 2.75) is 12.8 Å². The molecule has 1 aliphatic rings. The average Bonchev–Trinajstić information content (AvgIpc) is 2.70. The Hall–Kier alpha value is -3.27. The quantitative estimate of drug-likeness (QED) is 0.500. The van der Waals surface area contributed by atoms with Crippen molar-refractivity contribution in [1.29, 1.82) is 0 Å². The lowest BCUT2D eigenvalue weighted by Crippen LogP contribution is -2.30. The third-order valence-corrected chi connectivity index (χ3v) is 4.90. The van der Waals surface area contributed by atoms with Crippen LogP contribution in [0.25, 0.3) is 0 Å². The van der Waals surface area contributed by atoms with E-state index in [9.17, 15) is 9.59 Å². The van der Waals surface area contributed by atoms with Gasteiger partial charge in [-0.3, -0.25) is 9.78 Å². The summed E-state index contributed by atoms with van der Waals surface area (Å²) in [7, 11) is 5.76. The molecule has 2 aromatic rings. The van der Waals surface area contributed by atoms with Gasteiger partial charge in [0.2, 0.25) is 5.75 Å². The van der Waals surface area contributed by atoms with Crippen LogP contribution in [0.4, 0.5) is 5.82 Å². The van der Waals surface area contributed by atoms with Crippen LogP contribution in [-0.4, -0.2) is 44.4 Å². The van der Waals surface area contributed by atoms with E-state index >= 15 is 0 Å². The molecule has 1 aromatic heterocycles. The van der Waals surface area contributed by atoms with Crippen LogP contribution >= 0.6 is 12.2 Å². The maximum atomic E-state index is 12.8. The maximum Gasteiger partial charge on any atom is 0.336 e. The topological polar surface area (TPSA) is 115 Å². The number of H-pyrrole nitrogens is 2. The zero-order chi connectivity index (χ0) is 21.3. The first-order chi connectivity index (χ1) is 13.9. The van der Waals surface area contributed by atoms with Crippen molar-refractivity contribution in [3.8, 4) is 17.2 Å². The number of benzene rings is 1. The van der Waals surface area contributed by atoms with Gasteiger partial charge >= 0.3 is 5.97 Å². The number of fused-ring (bicyclic) bond motifs is 1. The van der Waals surface area contributed by atoms with E-state index in [-0.39, 0.29) is 10.3 Å². The second-order valence-electron chi connectivity index (χ2n) is 6.24. The molecule has 10 heteroatoms. The van der Waals surface area contributed by atoms with Crippen LogP contribution in [0.3, 0.4) is 0 Å². The Morgan fingerprint density at radius 2 is 1.66 bits per heavy atom. The van der Waals surface area contributed by atoms with Crippen LogP contribution in [0.5, 0.6) is 17.2 Å². The number of hydrogen-bond donors (Lipinski definition) is 3. The monoisotopic (exact) mass is 419 g/mol. The molecule has 3 N–H and O–H groups in total. The molecule has 154 valence electrons. The number of hydrogen-bond acceptors (Lipinski definition) is 8. The van der Waals surface area contributed by atoms with Crippen molar-refractivity contribution >= 4 is 24.0 Å². The summed E-state index contributed by atoms with van der Waals surface area (Å²) in [5, 5.41) is 3.04. The Bertz CT molecular complexity index is 1090. The molecule has 0 fully saturated rings. The fourth-order valence-corrected chi connectivity index (χ4v) is 3.66. The SMILES string of the molecule is COC(=O)C1=C(C)Nc2[nH]c(=S)[nH]c(=O)c2C1c1cc(OC)c(OC)c(OC)c1. The molecule has 2 heterocycles. The lowest BCUT2D eigenvalue weighted by Gasteiger charge is -2.29. The third kappa shape index (κ3) is 3.46. The second-order valence-corrected chi connectivity index (χ2v) is 6.65. The van der Waals surface area contributed by atoms with E-state index in [4.69, 9.17) is 31.2 Å². The summed E-state index contributed by atoms with van der Waals surface area (Å²) >= 11 is 5.08. The highest BCUT2D eigenvalue weighted by Gasteiger charge is 2.36. The fourth-order valence-electron chi connectivity index (χ4n) is 3.47. The molecule has 0 amide bonds. The van der Waals surface area contributed by atoms with Crippen molar-refractivity contribution in [3.63, 3.8) is 0 Å². The van der Waals surface area contributed by atoms with E-state index in [1.54, 1.807) is 19.1 Å². The molecule has 0 bridgehead atoms. The van der Waals surface area contributed by atoms with Gasteiger partial charge in [0, 0.05) is 5.70 Å². The van der Waals surface area contributed by atoms with Crippen molar-refractivity contribution in [1.82, 2.24) is 9.97 Å². The van der Waals surface area contributed by atoms with Crippen LogP contribution in [0.2, 0.25) is 0 Å². The summed E-state index contributed by atoms with van der Waals surface area (Å²) in [5.74, 6) is 0.259. The van der Waals surface area contributed by atoms with E-state index in [2.05, 4.69) is 15.3 Å². The number of carbonyl (C=O) groups is 1. The smallest absolute Gasteiger partial charge is 0.336 e. The number of ether oxygens (including phenoxy) is 4. The largest absolute Gasteiger partial charge is 0.493 e. The highest BCUT2D eigenvalue weighted by atomic mass is 32.1. The molecule has 3 rings (SSSR count). The molecule has 29 heavy (non-hydrogen) atoms. The number of aromatic nitrogens is 2. The highest BCUT2D eigenvalue weighted by Crippen LogP contribution is 2.45. The molecule has 0 aliphatic carbocycles. The maximum absolute atomic E-state index is 12.8. The molecule has 0 saturated heterocycles. The number of allylic oxidation sites excluding steroid dienone is 1. The van der Waals surface area contributed by atoms with Gasteiger partial charge in [-0.25, -0.2) is 4.79 Å². The number of anilines is 1. The van der Waals surface area contributed by atoms with Crippen LogP contribution in [0.15, 0.2) is 28.2 Å². The predicted molar refractivity (Wildman–Crippen MR) is 109 cm³/mol. The van der Waals surface area contributed by atoms with Gasteiger partial charge in [-0.15, -0.1) is 0 Å². The van der Waals surface area contributed by atoms with Gasteiger partial charge in [-0.05, 0) is 36.8 Å². The van der Waals surface area contributed by atoms with E-state index in [1.807, 2.05) is 0 Å². The van der Waals surface area contributed by atoms with E-state index in [0.29, 0.717) is 39.9 Å². The average molecular weight is 419 g/mol. The van der Waals surface area contributed by atoms with Crippen LogP contribution < -0.4 is 25.1 Å². The molecule has 1 atom stereocenters. The van der Waals surface area contributed by atoms with Gasteiger partial charge in [0.15, 0.2) is 16.3 Å². The summed E-state index contributed by atoms with van der Waals surface area (Å²) in [5.41, 5.74) is 1.26. The third-order valence-electron chi connectivity index (χ3n) is 4.70. The van der Waals surface area contributed by atoms with Crippen molar-refractivity contribution < 1.29 is 23.7 Å². The van der Waals surface area contributed by atoms with Gasteiger partial charge in [0.05, 0.1) is 45.5 Å². The molecule has 1 aromatic carbocycles. The van der Waals surface area contributed by atoms with Gasteiger partial charge in [0.25, 0.3) is 5.56 Å². The lowest BCUT2D eigenvalue weighted by molar-refractivity contribution is -0.136. The molecule has 0 spiro atoms. The van der Waals surface area contributed by atoms with E-state index in [0.717, 1.165) is 0 Å². The van der Waals surface area contributed by atoms with Crippen molar-refractivity contribution in [2.75, 3.05) is 33.8 Å².